The highest BCUT2D eigenvalue weighted by Crippen LogP contribution is 2.56. The molecule has 0 aliphatic rings. The average molecular weight is 332 g/mol. The van der Waals surface area contributed by atoms with Crippen molar-refractivity contribution in [2.75, 3.05) is 0 Å². The Kier molecular flexibility index (Phi) is 3.94. The first kappa shape index (κ1) is 16.9. The van der Waals surface area contributed by atoms with Crippen LogP contribution in [0.2, 0.25) is 5.02 Å². The lowest BCUT2D eigenvalue weighted by Gasteiger charge is -2.33. The van der Waals surface area contributed by atoms with E-state index in [0.717, 1.165) is 0 Å². The second-order valence-electron chi connectivity index (χ2n) is 3.58. The van der Waals surface area contributed by atoms with Gasteiger partial charge in [0.25, 0.3) is 0 Å². The van der Waals surface area contributed by atoms with Gasteiger partial charge in [0, 0.05) is 6.20 Å². The summed E-state index contributed by atoms with van der Waals surface area (Å²) in [6.07, 6.45) is -6.45. The molecule has 0 N–H and O–H groups in total. The van der Waals surface area contributed by atoms with Crippen molar-refractivity contribution in [3.8, 4) is 0 Å². The molecule has 0 amide bonds. The van der Waals surface area contributed by atoms with Crippen LogP contribution in [0.5, 0.6) is 0 Å². The molecule has 11 heteroatoms. The zero-order chi connectivity index (χ0) is 16.0. The minimum Gasteiger partial charge on any atom is -0.253 e. The van der Waals surface area contributed by atoms with E-state index in [4.69, 9.17) is 11.6 Å². The van der Waals surface area contributed by atoms with Crippen LogP contribution in [0.25, 0.3) is 0 Å². The molecule has 0 saturated carbocycles. The van der Waals surface area contributed by atoms with Crippen LogP contribution in [0.15, 0.2) is 18.3 Å². The summed E-state index contributed by atoms with van der Waals surface area (Å²) in [5, 5.41) is -0.296. The minimum atomic E-state index is -6.94. The van der Waals surface area contributed by atoms with E-state index in [2.05, 4.69) is 4.98 Å². The van der Waals surface area contributed by atoms with Crippen LogP contribution in [0.1, 0.15) is 5.69 Å². The number of rotatable bonds is 3. The molecule has 0 atom stereocenters. The first-order valence-electron chi connectivity index (χ1n) is 4.57. The van der Waals surface area contributed by atoms with Crippen LogP contribution in [-0.4, -0.2) is 23.0 Å². The molecule has 0 saturated heterocycles. The zero-order valence-electron chi connectivity index (χ0n) is 8.96. The molecule has 0 aliphatic carbocycles. The summed E-state index contributed by atoms with van der Waals surface area (Å²) in [6, 6.07) is 0.725. The number of pyridine rings is 1. The van der Waals surface area contributed by atoms with Gasteiger partial charge >= 0.3 is 23.9 Å². The maximum atomic E-state index is 13.3. The Morgan fingerprint density at radius 2 is 1.30 bits per heavy atom. The predicted molar refractivity (Wildman–Crippen MR) is 49.1 cm³/mol. The first-order chi connectivity index (χ1) is 8.75. The Hall–Kier alpha value is -1.19. The first-order valence-corrected chi connectivity index (χ1v) is 4.95. The molecule has 1 nitrogen and oxygen atoms in total. The quantitative estimate of drug-likeness (QED) is 0.734. The van der Waals surface area contributed by atoms with Crippen molar-refractivity contribution in [2.24, 2.45) is 0 Å². The van der Waals surface area contributed by atoms with Gasteiger partial charge in [-0.3, -0.25) is 4.98 Å². The van der Waals surface area contributed by atoms with Gasteiger partial charge in [0.05, 0.1) is 5.02 Å². The van der Waals surface area contributed by atoms with Gasteiger partial charge in [-0.1, -0.05) is 11.6 Å². The molecule has 1 aromatic heterocycles. The molecule has 1 rings (SSSR count). The van der Waals surface area contributed by atoms with E-state index >= 15 is 0 Å². The van der Waals surface area contributed by atoms with Crippen LogP contribution in [-0.2, 0) is 5.92 Å². The maximum Gasteiger partial charge on any atom is 0.460 e. The Balaban J connectivity index is 3.35. The fraction of sp³-hybridized carbons (Fsp3) is 0.444. The van der Waals surface area contributed by atoms with E-state index in [1.165, 1.54) is 0 Å². The summed E-state index contributed by atoms with van der Waals surface area (Å²) in [6.45, 7) is 0. The Labute approximate surface area is 110 Å². The fourth-order valence-electron chi connectivity index (χ4n) is 1.10. The summed E-state index contributed by atoms with van der Waals surface area (Å²) in [7, 11) is 0. The van der Waals surface area contributed by atoms with E-state index in [1.807, 2.05) is 0 Å². The van der Waals surface area contributed by atoms with Gasteiger partial charge in [-0.05, 0) is 12.1 Å². The predicted octanol–water partition coefficient (Wildman–Crippen LogP) is 4.66. The molecule has 0 aliphatic heterocycles. The molecule has 0 aromatic carbocycles. The number of hydrogen-bond donors (Lipinski definition) is 0. The van der Waals surface area contributed by atoms with E-state index in [9.17, 15) is 39.5 Å². The summed E-state index contributed by atoms with van der Waals surface area (Å²) < 4.78 is 113. The number of alkyl halides is 9. The standard InChI is InChI=1S/C9H3ClF9N/c10-4-1-2-5(20-3-4)6(11,12)7(13,14)8(15,16)9(17,18)19/h1-3H. The lowest BCUT2D eigenvalue weighted by molar-refractivity contribution is -0.400. The molecule has 0 unspecified atom stereocenters. The van der Waals surface area contributed by atoms with Crippen molar-refractivity contribution >= 4 is 11.6 Å². The molecule has 0 fully saturated rings. The number of aromatic nitrogens is 1. The van der Waals surface area contributed by atoms with Crippen molar-refractivity contribution in [1.29, 1.82) is 0 Å². The molecule has 1 aromatic rings. The van der Waals surface area contributed by atoms with Gasteiger partial charge in [0.15, 0.2) is 0 Å². The van der Waals surface area contributed by atoms with Crippen molar-refractivity contribution in [2.45, 2.75) is 23.9 Å². The van der Waals surface area contributed by atoms with Gasteiger partial charge in [0.1, 0.15) is 5.69 Å². The van der Waals surface area contributed by atoms with Gasteiger partial charge in [-0.2, -0.15) is 39.5 Å². The smallest absolute Gasteiger partial charge is 0.253 e. The highest BCUT2D eigenvalue weighted by atomic mass is 35.5. The normalized spacial score (nSPS) is 14.5. The summed E-state index contributed by atoms with van der Waals surface area (Å²) in [4.78, 5) is 2.65. The Bertz CT molecular complexity index is 479. The van der Waals surface area contributed by atoms with Crippen LogP contribution in [0.3, 0.4) is 0 Å². The molecular formula is C9H3ClF9N. The third-order valence-electron chi connectivity index (χ3n) is 2.19. The topological polar surface area (TPSA) is 12.9 Å². The van der Waals surface area contributed by atoms with E-state index < -0.39 is 29.6 Å². The van der Waals surface area contributed by atoms with Crippen molar-refractivity contribution in [3.05, 3.63) is 29.0 Å². The molecule has 0 bridgehead atoms. The summed E-state index contributed by atoms with van der Waals surface area (Å²) in [5.74, 6) is -19.5. The van der Waals surface area contributed by atoms with Crippen molar-refractivity contribution < 1.29 is 39.5 Å². The van der Waals surface area contributed by atoms with Gasteiger partial charge < -0.3 is 0 Å². The second kappa shape index (κ2) is 4.68. The number of halogens is 10. The molecule has 0 spiro atoms. The van der Waals surface area contributed by atoms with Crippen LogP contribution in [0, 0.1) is 0 Å². The second-order valence-corrected chi connectivity index (χ2v) is 4.02. The van der Waals surface area contributed by atoms with Crippen molar-refractivity contribution in [3.63, 3.8) is 0 Å². The zero-order valence-corrected chi connectivity index (χ0v) is 9.71. The van der Waals surface area contributed by atoms with Crippen molar-refractivity contribution in [1.82, 2.24) is 4.98 Å². The third-order valence-corrected chi connectivity index (χ3v) is 2.42. The SMILES string of the molecule is FC(F)(F)C(F)(F)C(F)(F)C(F)(F)c1ccc(Cl)cn1. The number of hydrogen-bond acceptors (Lipinski definition) is 1. The van der Waals surface area contributed by atoms with Crippen LogP contribution < -0.4 is 0 Å². The maximum absolute atomic E-state index is 13.3. The van der Waals surface area contributed by atoms with E-state index in [-0.39, 0.29) is 11.1 Å². The fourth-order valence-corrected chi connectivity index (χ4v) is 1.21. The largest absolute Gasteiger partial charge is 0.460 e. The van der Waals surface area contributed by atoms with Crippen LogP contribution >= 0.6 is 11.6 Å². The molecule has 0 radical (unpaired) electrons. The monoisotopic (exact) mass is 331 g/mol. The van der Waals surface area contributed by atoms with Gasteiger partial charge in [-0.15, -0.1) is 0 Å². The molecule has 20 heavy (non-hydrogen) atoms. The highest BCUT2D eigenvalue weighted by molar-refractivity contribution is 6.30. The Morgan fingerprint density at radius 3 is 1.65 bits per heavy atom. The van der Waals surface area contributed by atoms with Gasteiger partial charge in [0.2, 0.25) is 0 Å². The minimum absolute atomic E-state index is 0.128. The summed E-state index contributed by atoms with van der Waals surface area (Å²) >= 11 is 5.22. The molecule has 1 heterocycles. The molecule has 114 valence electrons. The average Bonchev–Trinajstić information content (AvgIpc) is 2.27. The number of nitrogens with zero attached hydrogens (tertiary/aromatic N) is 1. The van der Waals surface area contributed by atoms with E-state index in [0.29, 0.717) is 12.3 Å². The van der Waals surface area contributed by atoms with Gasteiger partial charge in [-0.25, -0.2) is 0 Å². The van der Waals surface area contributed by atoms with E-state index in [1.54, 1.807) is 0 Å². The van der Waals surface area contributed by atoms with Crippen LogP contribution in [0.4, 0.5) is 39.5 Å². The lowest BCUT2D eigenvalue weighted by atomic mass is 10.0. The summed E-state index contributed by atoms with van der Waals surface area (Å²) in [5.41, 5.74) is -1.96. The highest BCUT2D eigenvalue weighted by Gasteiger charge is 2.82. The molecular weight excluding hydrogens is 329 g/mol. The lowest BCUT2D eigenvalue weighted by Crippen LogP contribution is -2.59. The third kappa shape index (κ3) is 2.40. The Morgan fingerprint density at radius 1 is 0.800 bits per heavy atom.